The molecule has 3 nitrogen and oxygen atoms in total. The van der Waals surface area contributed by atoms with Gasteiger partial charge < -0.3 is 9.47 Å². The van der Waals surface area contributed by atoms with E-state index in [2.05, 4.69) is 15.9 Å². The third-order valence-corrected chi connectivity index (χ3v) is 4.18. The summed E-state index contributed by atoms with van der Waals surface area (Å²) < 4.78 is 11.5. The molecule has 0 aliphatic carbocycles. The Morgan fingerprint density at radius 2 is 1.57 bits per heavy atom. The molecule has 2 rings (SSSR count). The number of ketones is 1. The van der Waals surface area contributed by atoms with E-state index in [0.29, 0.717) is 22.6 Å². The zero-order chi connectivity index (χ0) is 15.6. The predicted octanol–water partition coefficient (Wildman–Crippen LogP) is 4.31. The van der Waals surface area contributed by atoms with Crippen molar-refractivity contribution in [1.82, 2.24) is 0 Å². The molecule has 0 heterocycles. The number of ether oxygens (including phenoxy) is 2. The van der Waals surface area contributed by atoms with Crippen LogP contribution in [0.5, 0.6) is 11.5 Å². The summed E-state index contributed by atoms with van der Waals surface area (Å²) in [5.41, 5.74) is 3.06. The quantitative estimate of drug-likeness (QED) is 0.772. The monoisotopic (exact) mass is 348 g/mol. The van der Waals surface area contributed by atoms with Crippen molar-refractivity contribution < 1.29 is 14.3 Å². The van der Waals surface area contributed by atoms with E-state index in [1.807, 2.05) is 32.0 Å². The highest BCUT2D eigenvalue weighted by Crippen LogP contribution is 2.31. The van der Waals surface area contributed by atoms with E-state index in [-0.39, 0.29) is 5.78 Å². The summed E-state index contributed by atoms with van der Waals surface area (Å²) in [4.78, 5) is 12.8. The fourth-order valence-electron chi connectivity index (χ4n) is 2.15. The van der Waals surface area contributed by atoms with Gasteiger partial charge in [0.15, 0.2) is 0 Å². The van der Waals surface area contributed by atoms with Crippen LogP contribution in [0.3, 0.4) is 0 Å². The van der Waals surface area contributed by atoms with Crippen molar-refractivity contribution in [2.24, 2.45) is 0 Å². The fraction of sp³-hybridized carbons (Fsp3) is 0.235. The van der Waals surface area contributed by atoms with Crippen LogP contribution >= 0.6 is 15.9 Å². The van der Waals surface area contributed by atoms with Crippen molar-refractivity contribution in [2.45, 2.75) is 13.8 Å². The Morgan fingerprint density at radius 1 is 0.952 bits per heavy atom. The Bertz CT molecular complexity index is 693. The first-order chi connectivity index (χ1) is 9.97. The number of aryl methyl sites for hydroxylation is 2. The van der Waals surface area contributed by atoms with E-state index in [9.17, 15) is 4.79 Å². The number of hydrogen-bond acceptors (Lipinski definition) is 3. The third kappa shape index (κ3) is 3.10. The van der Waals surface area contributed by atoms with Crippen LogP contribution in [-0.2, 0) is 0 Å². The first-order valence-corrected chi connectivity index (χ1v) is 7.30. The maximum Gasteiger partial charge on any atom is 0.200 e. The number of carbonyl (C=O) groups is 1. The van der Waals surface area contributed by atoms with Gasteiger partial charge in [0.25, 0.3) is 0 Å². The minimum atomic E-state index is -0.117. The Morgan fingerprint density at radius 3 is 2.19 bits per heavy atom. The van der Waals surface area contributed by atoms with Gasteiger partial charge in [-0.1, -0.05) is 27.6 Å². The SMILES string of the molecule is COc1ccc(C)cc1C(=O)c1cc(Br)c(C)cc1OC. The molecule has 110 valence electrons. The molecule has 0 fully saturated rings. The number of carbonyl (C=O) groups excluding carboxylic acids is 1. The number of hydrogen-bond donors (Lipinski definition) is 0. The van der Waals surface area contributed by atoms with Crippen LogP contribution in [0.25, 0.3) is 0 Å². The highest BCUT2D eigenvalue weighted by Gasteiger charge is 2.19. The lowest BCUT2D eigenvalue weighted by atomic mass is 9.99. The highest BCUT2D eigenvalue weighted by atomic mass is 79.9. The number of rotatable bonds is 4. The second kappa shape index (κ2) is 6.31. The maximum absolute atomic E-state index is 12.8. The molecular weight excluding hydrogens is 332 g/mol. The Hall–Kier alpha value is -1.81. The summed E-state index contributed by atoms with van der Waals surface area (Å²) in [6.07, 6.45) is 0. The van der Waals surface area contributed by atoms with Crippen molar-refractivity contribution in [3.05, 3.63) is 57.1 Å². The van der Waals surface area contributed by atoms with Crippen molar-refractivity contribution in [2.75, 3.05) is 14.2 Å². The minimum absolute atomic E-state index is 0.117. The van der Waals surface area contributed by atoms with Crippen molar-refractivity contribution in [3.63, 3.8) is 0 Å². The molecule has 0 bridgehead atoms. The normalized spacial score (nSPS) is 10.3. The Kier molecular flexibility index (Phi) is 4.68. The van der Waals surface area contributed by atoms with Gasteiger partial charge in [0, 0.05) is 4.47 Å². The summed E-state index contributed by atoms with van der Waals surface area (Å²) in [5, 5.41) is 0. The molecule has 2 aromatic rings. The molecule has 0 amide bonds. The van der Waals surface area contributed by atoms with Gasteiger partial charge in [-0.2, -0.15) is 0 Å². The van der Waals surface area contributed by atoms with Crippen molar-refractivity contribution >= 4 is 21.7 Å². The van der Waals surface area contributed by atoms with Crippen LogP contribution in [0.2, 0.25) is 0 Å². The lowest BCUT2D eigenvalue weighted by Crippen LogP contribution is -2.07. The lowest BCUT2D eigenvalue weighted by Gasteiger charge is -2.13. The van der Waals surface area contributed by atoms with E-state index in [1.165, 1.54) is 0 Å². The van der Waals surface area contributed by atoms with Crippen LogP contribution in [0.15, 0.2) is 34.8 Å². The number of benzene rings is 2. The molecule has 0 saturated carbocycles. The molecule has 0 spiro atoms. The van der Waals surface area contributed by atoms with Crippen LogP contribution in [0.1, 0.15) is 27.0 Å². The van der Waals surface area contributed by atoms with Gasteiger partial charge in [-0.25, -0.2) is 0 Å². The third-order valence-electron chi connectivity index (χ3n) is 3.32. The first kappa shape index (κ1) is 15.6. The Labute approximate surface area is 133 Å². The maximum atomic E-state index is 12.8. The topological polar surface area (TPSA) is 35.5 Å². The summed E-state index contributed by atoms with van der Waals surface area (Å²) >= 11 is 3.46. The molecule has 0 aromatic heterocycles. The first-order valence-electron chi connectivity index (χ1n) is 6.51. The number of halogens is 1. The van der Waals surface area contributed by atoms with Gasteiger partial charge >= 0.3 is 0 Å². The van der Waals surface area contributed by atoms with Gasteiger partial charge in [0.2, 0.25) is 5.78 Å². The van der Waals surface area contributed by atoms with E-state index >= 15 is 0 Å². The van der Waals surface area contributed by atoms with Crippen LogP contribution in [0, 0.1) is 13.8 Å². The van der Waals surface area contributed by atoms with Gasteiger partial charge in [0.05, 0.1) is 25.3 Å². The summed E-state index contributed by atoms with van der Waals surface area (Å²) in [5.74, 6) is 1.00. The van der Waals surface area contributed by atoms with Crippen LogP contribution in [0.4, 0.5) is 0 Å². The van der Waals surface area contributed by atoms with Gasteiger partial charge in [-0.3, -0.25) is 4.79 Å². The highest BCUT2D eigenvalue weighted by molar-refractivity contribution is 9.10. The molecule has 0 aliphatic rings. The van der Waals surface area contributed by atoms with Gasteiger partial charge in [-0.15, -0.1) is 0 Å². The summed E-state index contributed by atoms with van der Waals surface area (Å²) in [7, 11) is 3.12. The van der Waals surface area contributed by atoms with E-state index in [0.717, 1.165) is 15.6 Å². The van der Waals surface area contributed by atoms with Crippen molar-refractivity contribution in [3.8, 4) is 11.5 Å². The number of methoxy groups -OCH3 is 2. The zero-order valence-electron chi connectivity index (χ0n) is 12.5. The van der Waals surface area contributed by atoms with E-state index in [4.69, 9.17) is 9.47 Å². The standard InChI is InChI=1S/C17H17BrO3/c1-10-5-6-15(20-3)12(7-10)17(19)13-9-14(18)11(2)8-16(13)21-4/h5-9H,1-4H3. The van der Waals surface area contributed by atoms with Crippen LogP contribution < -0.4 is 9.47 Å². The average molecular weight is 349 g/mol. The second-order valence-electron chi connectivity index (χ2n) is 4.83. The molecule has 0 atom stereocenters. The summed E-state index contributed by atoms with van der Waals surface area (Å²) in [6, 6.07) is 9.18. The van der Waals surface area contributed by atoms with E-state index in [1.54, 1.807) is 26.4 Å². The second-order valence-corrected chi connectivity index (χ2v) is 5.69. The molecule has 0 aliphatic heterocycles. The molecule has 0 unspecified atom stereocenters. The van der Waals surface area contributed by atoms with E-state index < -0.39 is 0 Å². The molecule has 4 heteroatoms. The largest absolute Gasteiger partial charge is 0.496 e. The Balaban J connectivity index is 2.59. The minimum Gasteiger partial charge on any atom is -0.496 e. The lowest BCUT2D eigenvalue weighted by molar-refractivity contribution is 0.103. The van der Waals surface area contributed by atoms with Gasteiger partial charge in [-0.05, 0) is 43.7 Å². The van der Waals surface area contributed by atoms with Gasteiger partial charge in [0.1, 0.15) is 11.5 Å². The molecular formula is C17H17BrO3. The van der Waals surface area contributed by atoms with Crippen LogP contribution in [-0.4, -0.2) is 20.0 Å². The smallest absolute Gasteiger partial charge is 0.200 e. The molecule has 2 aromatic carbocycles. The average Bonchev–Trinajstić information content (AvgIpc) is 2.48. The fourth-order valence-corrected chi connectivity index (χ4v) is 2.49. The van der Waals surface area contributed by atoms with Crippen molar-refractivity contribution in [1.29, 1.82) is 0 Å². The zero-order valence-corrected chi connectivity index (χ0v) is 14.1. The molecule has 0 radical (unpaired) electrons. The predicted molar refractivity (Wildman–Crippen MR) is 86.6 cm³/mol. The molecule has 21 heavy (non-hydrogen) atoms. The summed E-state index contributed by atoms with van der Waals surface area (Å²) in [6.45, 7) is 3.90. The molecule has 0 saturated heterocycles. The molecule has 0 N–H and O–H groups in total.